The van der Waals surface area contributed by atoms with Crippen LogP contribution < -0.4 is 0 Å². The molecule has 1 aliphatic rings. The molecule has 0 N–H and O–H groups in total. The average molecular weight is 324 g/mol. The Morgan fingerprint density at radius 3 is 2.12 bits per heavy atom. The monoisotopic (exact) mass is 324 g/mol. The van der Waals surface area contributed by atoms with Crippen molar-refractivity contribution in [2.75, 3.05) is 26.7 Å². The SMILES string of the molecule is COC(=O)[C@H]1CN(Cc2ccccc2)CCN1Cc1ccccc1. The predicted molar refractivity (Wildman–Crippen MR) is 94.4 cm³/mol. The Labute approximate surface area is 143 Å². The van der Waals surface area contributed by atoms with E-state index in [9.17, 15) is 4.79 Å². The second kappa shape index (κ2) is 8.08. The molecular formula is C20H24N2O2. The summed E-state index contributed by atoms with van der Waals surface area (Å²) in [5, 5.41) is 0. The van der Waals surface area contributed by atoms with Gasteiger partial charge in [-0.2, -0.15) is 0 Å². The van der Waals surface area contributed by atoms with Crippen molar-refractivity contribution in [3.05, 3.63) is 71.8 Å². The Bertz CT molecular complexity index is 645. The van der Waals surface area contributed by atoms with E-state index < -0.39 is 0 Å². The van der Waals surface area contributed by atoms with E-state index in [0.717, 1.165) is 26.2 Å². The second-order valence-corrected chi connectivity index (χ2v) is 6.22. The summed E-state index contributed by atoms with van der Waals surface area (Å²) < 4.78 is 5.05. The number of carbonyl (C=O) groups is 1. The highest BCUT2D eigenvalue weighted by molar-refractivity contribution is 5.76. The molecule has 2 aromatic carbocycles. The lowest BCUT2D eigenvalue weighted by atomic mass is 10.1. The molecule has 1 atom stereocenters. The number of ether oxygens (including phenoxy) is 1. The fourth-order valence-electron chi connectivity index (χ4n) is 3.23. The Balaban J connectivity index is 1.67. The predicted octanol–water partition coefficient (Wildman–Crippen LogP) is 2.55. The number of esters is 1. The zero-order chi connectivity index (χ0) is 16.8. The number of piperazine rings is 1. The van der Waals surface area contributed by atoms with Crippen LogP contribution in [0.3, 0.4) is 0 Å². The lowest BCUT2D eigenvalue weighted by Gasteiger charge is -2.40. The van der Waals surface area contributed by atoms with Gasteiger partial charge in [-0.1, -0.05) is 60.7 Å². The molecular weight excluding hydrogens is 300 g/mol. The normalized spacial score (nSPS) is 19.1. The molecule has 126 valence electrons. The van der Waals surface area contributed by atoms with Gasteiger partial charge in [0.05, 0.1) is 7.11 Å². The van der Waals surface area contributed by atoms with Gasteiger partial charge in [0.15, 0.2) is 0 Å². The maximum atomic E-state index is 12.3. The number of rotatable bonds is 5. The number of hydrogen-bond donors (Lipinski definition) is 0. The van der Waals surface area contributed by atoms with Crippen LogP contribution in [0.15, 0.2) is 60.7 Å². The van der Waals surface area contributed by atoms with Crippen LogP contribution in [0.1, 0.15) is 11.1 Å². The summed E-state index contributed by atoms with van der Waals surface area (Å²) in [7, 11) is 1.47. The number of methoxy groups -OCH3 is 1. The summed E-state index contributed by atoms with van der Waals surface area (Å²) >= 11 is 0. The Morgan fingerprint density at radius 2 is 1.54 bits per heavy atom. The Kier molecular flexibility index (Phi) is 5.62. The molecule has 0 aromatic heterocycles. The van der Waals surface area contributed by atoms with Crippen molar-refractivity contribution in [3.8, 4) is 0 Å². The smallest absolute Gasteiger partial charge is 0.324 e. The summed E-state index contributed by atoms with van der Waals surface area (Å²) in [4.78, 5) is 16.8. The van der Waals surface area contributed by atoms with Gasteiger partial charge in [0.25, 0.3) is 0 Å². The van der Waals surface area contributed by atoms with Crippen molar-refractivity contribution < 1.29 is 9.53 Å². The molecule has 3 rings (SSSR count). The van der Waals surface area contributed by atoms with E-state index in [1.165, 1.54) is 18.2 Å². The number of hydrogen-bond acceptors (Lipinski definition) is 4. The molecule has 1 saturated heterocycles. The van der Waals surface area contributed by atoms with Gasteiger partial charge in [-0.15, -0.1) is 0 Å². The second-order valence-electron chi connectivity index (χ2n) is 6.22. The van der Waals surface area contributed by atoms with Crippen molar-refractivity contribution in [2.24, 2.45) is 0 Å². The van der Waals surface area contributed by atoms with Gasteiger partial charge in [-0.3, -0.25) is 14.6 Å². The Morgan fingerprint density at radius 1 is 0.958 bits per heavy atom. The maximum Gasteiger partial charge on any atom is 0.324 e. The van der Waals surface area contributed by atoms with Crippen molar-refractivity contribution in [3.63, 3.8) is 0 Å². The lowest BCUT2D eigenvalue weighted by Crippen LogP contribution is -2.55. The van der Waals surface area contributed by atoms with E-state index in [2.05, 4.69) is 46.2 Å². The topological polar surface area (TPSA) is 32.8 Å². The first kappa shape index (κ1) is 16.7. The van der Waals surface area contributed by atoms with Crippen molar-refractivity contribution in [1.82, 2.24) is 9.80 Å². The van der Waals surface area contributed by atoms with Crippen LogP contribution in [-0.4, -0.2) is 48.6 Å². The molecule has 0 amide bonds. The molecule has 4 heteroatoms. The van der Waals surface area contributed by atoms with Crippen molar-refractivity contribution >= 4 is 5.97 Å². The third kappa shape index (κ3) is 4.22. The molecule has 0 aliphatic carbocycles. The maximum absolute atomic E-state index is 12.3. The molecule has 0 spiro atoms. The average Bonchev–Trinajstić information content (AvgIpc) is 2.64. The van der Waals surface area contributed by atoms with Gasteiger partial charge in [-0.05, 0) is 11.1 Å². The molecule has 2 aromatic rings. The molecule has 1 fully saturated rings. The lowest BCUT2D eigenvalue weighted by molar-refractivity contribution is -0.150. The molecule has 1 aliphatic heterocycles. The van der Waals surface area contributed by atoms with Crippen LogP contribution in [-0.2, 0) is 22.6 Å². The summed E-state index contributed by atoms with van der Waals surface area (Å²) in [5.74, 6) is -0.149. The molecule has 24 heavy (non-hydrogen) atoms. The first-order chi connectivity index (χ1) is 11.8. The first-order valence-corrected chi connectivity index (χ1v) is 8.38. The summed E-state index contributed by atoms with van der Waals surface area (Å²) in [6.45, 7) is 4.17. The number of nitrogens with zero attached hydrogens (tertiary/aromatic N) is 2. The molecule has 0 unspecified atom stereocenters. The zero-order valence-corrected chi connectivity index (χ0v) is 14.1. The fraction of sp³-hybridized carbons (Fsp3) is 0.350. The van der Waals surface area contributed by atoms with Gasteiger partial charge >= 0.3 is 5.97 Å². The van der Waals surface area contributed by atoms with Crippen LogP contribution in [0.5, 0.6) is 0 Å². The Hall–Kier alpha value is -2.17. The quantitative estimate of drug-likeness (QED) is 0.792. The molecule has 1 heterocycles. The molecule has 0 saturated carbocycles. The minimum absolute atomic E-state index is 0.149. The first-order valence-electron chi connectivity index (χ1n) is 8.38. The molecule has 4 nitrogen and oxygen atoms in total. The van der Waals surface area contributed by atoms with Gasteiger partial charge in [0.2, 0.25) is 0 Å². The van der Waals surface area contributed by atoms with Crippen LogP contribution >= 0.6 is 0 Å². The minimum Gasteiger partial charge on any atom is -0.468 e. The van der Waals surface area contributed by atoms with E-state index in [1.807, 2.05) is 24.3 Å². The standard InChI is InChI=1S/C20H24N2O2/c1-24-20(23)19-16-21(14-17-8-4-2-5-9-17)12-13-22(19)15-18-10-6-3-7-11-18/h2-11,19H,12-16H2,1H3/t19-/m1/s1. The van der Waals surface area contributed by atoms with E-state index in [4.69, 9.17) is 4.74 Å². The van der Waals surface area contributed by atoms with Crippen LogP contribution in [0.25, 0.3) is 0 Å². The fourth-order valence-corrected chi connectivity index (χ4v) is 3.23. The van der Waals surface area contributed by atoms with E-state index in [1.54, 1.807) is 0 Å². The van der Waals surface area contributed by atoms with Crippen molar-refractivity contribution in [1.29, 1.82) is 0 Å². The highest BCUT2D eigenvalue weighted by Crippen LogP contribution is 2.17. The van der Waals surface area contributed by atoms with Gasteiger partial charge in [0, 0.05) is 32.7 Å². The third-order valence-corrected chi connectivity index (χ3v) is 4.53. The summed E-state index contributed by atoms with van der Waals surface area (Å²) in [6.07, 6.45) is 0. The van der Waals surface area contributed by atoms with Gasteiger partial charge in [-0.25, -0.2) is 0 Å². The highest BCUT2D eigenvalue weighted by atomic mass is 16.5. The van der Waals surface area contributed by atoms with E-state index >= 15 is 0 Å². The minimum atomic E-state index is -0.215. The number of benzene rings is 2. The highest BCUT2D eigenvalue weighted by Gasteiger charge is 2.33. The van der Waals surface area contributed by atoms with Crippen molar-refractivity contribution in [2.45, 2.75) is 19.1 Å². The van der Waals surface area contributed by atoms with E-state index in [0.29, 0.717) is 6.54 Å². The van der Waals surface area contributed by atoms with Gasteiger partial charge < -0.3 is 4.74 Å². The summed E-state index contributed by atoms with van der Waals surface area (Å²) in [6, 6.07) is 20.5. The number of carbonyl (C=O) groups excluding carboxylic acids is 1. The zero-order valence-electron chi connectivity index (χ0n) is 14.1. The van der Waals surface area contributed by atoms with E-state index in [-0.39, 0.29) is 12.0 Å². The largest absolute Gasteiger partial charge is 0.468 e. The van der Waals surface area contributed by atoms with Crippen LogP contribution in [0.4, 0.5) is 0 Å². The molecule has 0 bridgehead atoms. The van der Waals surface area contributed by atoms with Crippen LogP contribution in [0, 0.1) is 0 Å². The summed E-state index contributed by atoms with van der Waals surface area (Å²) in [5.41, 5.74) is 2.50. The van der Waals surface area contributed by atoms with Gasteiger partial charge in [0.1, 0.15) is 6.04 Å². The van der Waals surface area contributed by atoms with Crippen LogP contribution in [0.2, 0.25) is 0 Å². The third-order valence-electron chi connectivity index (χ3n) is 4.53. The molecule has 0 radical (unpaired) electrons.